The van der Waals surface area contributed by atoms with Gasteiger partial charge in [-0.3, -0.25) is 14.4 Å². The molecule has 8 heteroatoms. The van der Waals surface area contributed by atoms with Gasteiger partial charge in [-0.25, -0.2) is 4.98 Å². The van der Waals surface area contributed by atoms with Gasteiger partial charge in [0.1, 0.15) is 5.65 Å². The number of aromatic nitrogens is 2. The van der Waals surface area contributed by atoms with Gasteiger partial charge in [0, 0.05) is 37.6 Å². The van der Waals surface area contributed by atoms with E-state index in [4.69, 9.17) is 0 Å². The standard InChI is InChI=1S/C22H23N5O3/c1-15-3-2-9-26-13-18(25-21(15)26)11-19(28)24-12-16-4-6-17(7-5-16)22(30)27-10-8-23-20(29)14-27/h2-7,9,13H,8,10-12,14H2,1H3,(H,23,29)(H,24,28). The summed E-state index contributed by atoms with van der Waals surface area (Å²) in [7, 11) is 0. The van der Waals surface area contributed by atoms with Crippen molar-refractivity contribution < 1.29 is 14.4 Å². The second-order valence-electron chi connectivity index (χ2n) is 7.38. The van der Waals surface area contributed by atoms with E-state index in [1.807, 2.05) is 48.0 Å². The largest absolute Gasteiger partial charge is 0.353 e. The van der Waals surface area contributed by atoms with Crippen LogP contribution in [-0.4, -0.2) is 51.6 Å². The molecular formula is C22H23N5O3. The Balaban J connectivity index is 1.32. The summed E-state index contributed by atoms with van der Waals surface area (Å²) in [5, 5.41) is 5.59. The number of aryl methyl sites for hydroxylation is 1. The Labute approximate surface area is 173 Å². The number of piperazine rings is 1. The lowest BCUT2D eigenvalue weighted by atomic mass is 10.1. The fraction of sp³-hybridized carbons (Fsp3) is 0.273. The molecule has 0 aliphatic carbocycles. The maximum Gasteiger partial charge on any atom is 0.254 e. The summed E-state index contributed by atoms with van der Waals surface area (Å²) in [6.45, 7) is 3.41. The Morgan fingerprint density at radius 3 is 2.73 bits per heavy atom. The van der Waals surface area contributed by atoms with Gasteiger partial charge in [-0.2, -0.15) is 0 Å². The van der Waals surface area contributed by atoms with Crippen molar-refractivity contribution in [2.75, 3.05) is 19.6 Å². The topological polar surface area (TPSA) is 95.8 Å². The minimum Gasteiger partial charge on any atom is -0.353 e. The zero-order valence-electron chi connectivity index (χ0n) is 16.7. The van der Waals surface area contributed by atoms with Crippen LogP contribution >= 0.6 is 0 Å². The van der Waals surface area contributed by atoms with Crippen LogP contribution in [0.15, 0.2) is 48.8 Å². The summed E-state index contributed by atoms with van der Waals surface area (Å²) in [5.74, 6) is -0.423. The van der Waals surface area contributed by atoms with Crippen LogP contribution in [0.5, 0.6) is 0 Å². The molecule has 0 spiro atoms. The Morgan fingerprint density at radius 2 is 2.00 bits per heavy atom. The molecule has 0 saturated carbocycles. The molecule has 0 atom stereocenters. The van der Waals surface area contributed by atoms with E-state index >= 15 is 0 Å². The second-order valence-corrected chi connectivity index (χ2v) is 7.38. The van der Waals surface area contributed by atoms with Crippen LogP contribution in [-0.2, 0) is 22.6 Å². The maximum absolute atomic E-state index is 12.5. The molecule has 3 amide bonds. The van der Waals surface area contributed by atoms with Crippen molar-refractivity contribution in [3.05, 3.63) is 71.2 Å². The van der Waals surface area contributed by atoms with Gasteiger partial charge in [-0.1, -0.05) is 18.2 Å². The van der Waals surface area contributed by atoms with Crippen molar-refractivity contribution in [3.8, 4) is 0 Å². The first-order chi connectivity index (χ1) is 14.5. The number of benzene rings is 1. The molecule has 8 nitrogen and oxygen atoms in total. The van der Waals surface area contributed by atoms with Crippen molar-refractivity contribution in [1.29, 1.82) is 0 Å². The molecule has 0 unspecified atom stereocenters. The van der Waals surface area contributed by atoms with Crippen LogP contribution in [0.2, 0.25) is 0 Å². The minimum atomic E-state index is -0.164. The van der Waals surface area contributed by atoms with E-state index < -0.39 is 0 Å². The maximum atomic E-state index is 12.5. The highest BCUT2D eigenvalue weighted by Crippen LogP contribution is 2.11. The predicted octanol–water partition coefficient (Wildman–Crippen LogP) is 1.07. The zero-order chi connectivity index (χ0) is 21.1. The fourth-order valence-electron chi connectivity index (χ4n) is 3.48. The Kier molecular flexibility index (Phi) is 5.47. The number of rotatable bonds is 5. The average molecular weight is 405 g/mol. The lowest BCUT2D eigenvalue weighted by Crippen LogP contribution is -2.49. The van der Waals surface area contributed by atoms with Gasteiger partial charge < -0.3 is 19.9 Å². The van der Waals surface area contributed by atoms with Gasteiger partial charge in [-0.15, -0.1) is 0 Å². The molecule has 4 rings (SSSR count). The quantitative estimate of drug-likeness (QED) is 0.664. The summed E-state index contributed by atoms with van der Waals surface area (Å²) < 4.78 is 1.92. The molecule has 1 saturated heterocycles. The number of nitrogens with zero attached hydrogens (tertiary/aromatic N) is 3. The van der Waals surface area contributed by atoms with Gasteiger partial charge in [0.25, 0.3) is 5.91 Å². The molecule has 0 radical (unpaired) electrons. The fourth-order valence-corrected chi connectivity index (χ4v) is 3.48. The number of hydrogen-bond acceptors (Lipinski definition) is 4. The lowest BCUT2D eigenvalue weighted by molar-refractivity contribution is -0.123. The highest BCUT2D eigenvalue weighted by Gasteiger charge is 2.22. The molecule has 1 aliphatic rings. The molecule has 1 aromatic carbocycles. The first-order valence-electron chi connectivity index (χ1n) is 9.84. The van der Waals surface area contributed by atoms with Gasteiger partial charge in [-0.05, 0) is 36.2 Å². The van der Waals surface area contributed by atoms with Gasteiger partial charge in [0.15, 0.2) is 0 Å². The molecular weight excluding hydrogens is 382 g/mol. The van der Waals surface area contributed by atoms with E-state index in [1.54, 1.807) is 12.1 Å². The van der Waals surface area contributed by atoms with Crippen LogP contribution in [0.1, 0.15) is 27.2 Å². The van der Waals surface area contributed by atoms with Crippen LogP contribution in [0.3, 0.4) is 0 Å². The van der Waals surface area contributed by atoms with E-state index in [0.717, 1.165) is 16.8 Å². The third-order valence-electron chi connectivity index (χ3n) is 5.09. The van der Waals surface area contributed by atoms with Crippen LogP contribution in [0.25, 0.3) is 5.65 Å². The Morgan fingerprint density at radius 1 is 1.20 bits per heavy atom. The van der Waals surface area contributed by atoms with Crippen LogP contribution in [0.4, 0.5) is 0 Å². The molecule has 1 fully saturated rings. The third-order valence-corrected chi connectivity index (χ3v) is 5.09. The summed E-state index contributed by atoms with van der Waals surface area (Å²) in [5.41, 5.74) is 4.05. The second kappa shape index (κ2) is 8.36. The number of amides is 3. The van der Waals surface area contributed by atoms with Gasteiger partial charge >= 0.3 is 0 Å². The summed E-state index contributed by atoms with van der Waals surface area (Å²) in [6, 6.07) is 11.0. The molecule has 154 valence electrons. The molecule has 0 bridgehead atoms. The van der Waals surface area contributed by atoms with Crippen LogP contribution in [0, 0.1) is 6.92 Å². The molecule has 30 heavy (non-hydrogen) atoms. The van der Waals surface area contributed by atoms with Gasteiger partial charge in [0.2, 0.25) is 11.8 Å². The normalized spacial score (nSPS) is 13.9. The highest BCUT2D eigenvalue weighted by molar-refractivity contribution is 5.97. The minimum absolute atomic E-state index is 0.0826. The number of carbonyl (C=O) groups is 3. The van der Waals surface area contributed by atoms with Gasteiger partial charge in [0.05, 0.1) is 18.7 Å². The van der Waals surface area contributed by atoms with Crippen molar-refractivity contribution in [1.82, 2.24) is 24.9 Å². The van der Waals surface area contributed by atoms with Crippen molar-refractivity contribution in [2.45, 2.75) is 19.9 Å². The number of carbonyl (C=O) groups excluding carboxylic acids is 3. The number of hydrogen-bond donors (Lipinski definition) is 2. The monoisotopic (exact) mass is 405 g/mol. The van der Waals surface area contributed by atoms with E-state index in [9.17, 15) is 14.4 Å². The van der Waals surface area contributed by atoms with Crippen molar-refractivity contribution >= 4 is 23.4 Å². The third kappa shape index (κ3) is 4.32. The summed E-state index contributed by atoms with van der Waals surface area (Å²) in [4.78, 5) is 42.3. The average Bonchev–Trinajstić information content (AvgIpc) is 3.16. The summed E-state index contributed by atoms with van der Waals surface area (Å²) in [6.07, 6.45) is 3.98. The first-order valence-corrected chi connectivity index (χ1v) is 9.84. The van der Waals surface area contributed by atoms with E-state index in [1.165, 1.54) is 4.90 Å². The molecule has 2 N–H and O–H groups in total. The van der Waals surface area contributed by atoms with Crippen LogP contribution < -0.4 is 10.6 Å². The number of fused-ring (bicyclic) bond motifs is 1. The molecule has 1 aliphatic heterocycles. The summed E-state index contributed by atoms with van der Waals surface area (Å²) >= 11 is 0. The number of pyridine rings is 1. The Hall–Kier alpha value is -3.68. The highest BCUT2D eigenvalue weighted by atomic mass is 16.2. The number of imidazole rings is 1. The number of nitrogens with one attached hydrogen (secondary N) is 2. The van der Waals surface area contributed by atoms with E-state index in [2.05, 4.69) is 15.6 Å². The van der Waals surface area contributed by atoms with Crippen molar-refractivity contribution in [3.63, 3.8) is 0 Å². The lowest BCUT2D eigenvalue weighted by Gasteiger charge is -2.26. The smallest absolute Gasteiger partial charge is 0.254 e. The Bertz CT molecular complexity index is 1100. The van der Waals surface area contributed by atoms with E-state index in [0.29, 0.717) is 30.9 Å². The first kappa shape index (κ1) is 19.6. The van der Waals surface area contributed by atoms with E-state index in [-0.39, 0.29) is 30.7 Å². The molecule has 2 aromatic heterocycles. The predicted molar refractivity (Wildman–Crippen MR) is 111 cm³/mol. The molecule has 3 aromatic rings. The van der Waals surface area contributed by atoms with Crippen molar-refractivity contribution in [2.24, 2.45) is 0 Å². The SMILES string of the molecule is Cc1cccn2cc(CC(=O)NCc3ccc(C(=O)N4CCNC(=O)C4)cc3)nc12. The molecule has 3 heterocycles. The zero-order valence-corrected chi connectivity index (χ0v) is 16.7.